The Morgan fingerprint density at radius 3 is 2.50 bits per heavy atom. The zero-order chi connectivity index (χ0) is 17.9. The number of hydrogen-bond acceptors (Lipinski definition) is 1. The van der Waals surface area contributed by atoms with Crippen LogP contribution in [0.1, 0.15) is 15.9 Å². The van der Waals surface area contributed by atoms with Crippen molar-refractivity contribution in [3.05, 3.63) is 102 Å². The highest BCUT2D eigenvalue weighted by Gasteiger charge is 2.15. The molecule has 0 unspecified atom stereocenters. The third-order valence-corrected chi connectivity index (χ3v) is 4.31. The Morgan fingerprint density at radius 2 is 1.69 bits per heavy atom. The van der Waals surface area contributed by atoms with E-state index in [2.05, 4.69) is 5.32 Å². The van der Waals surface area contributed by atoms with Crippen LogP contribution in [-0.4, -0.2) is 10.5 Å². The number of rotatable bonds is 4. The van der Waals surface area contributed by atoms with Crippen LogP contribution < -0.4 is 5.32 Å². The van der Waals surface area contributed by atoms with Crippen molar-refractivity contribution in [2.24, 2.45) is 0 Å². The first kappa shape index (κ1) is 16.1. The van der Waals surface area contributed by atoms with Crippen LogP contribution in [0.3, 0.4) is 0 Å². The first-order chi connectivity index (χ1) is 12.7. The molecule has 1 amide bonds. The van der Waals surface area contributed by atoms with E-state index in [9.17, 15) is 9.18 Å². The smallest absolute Gasteiger partial charge is 0.257 e. The highest BCUT2D eigenvalue weighted by atomic mass is 19.1. The summed E-state index contributed by atoms with van der Waals surface area (Å²) in [5, 5.41) is 3.80. The minimum atomic E-state index is -0.263. The molecule has 0 atom stereocenters. The number of anilines is 1. The molecule has 0 fully saturated rings. The largest absolute Gasteiger partial charge is 0.342 e. The molecule has 0 saturated heterocycles. The van der Waals surface area contributed by atoms with Gasteiger partial charge in [-0.3, -0.25) is 4.79 Å². The monoisotopic (exact) mass is 344 g/mol. The van der Waals surface area contributed by atoms with E-state index >= 15 is 0 Å². The second-order valence-corrected chi connectivity index (χ2v) is 6.14. The summed E-state index contributed by atoms with van der Waals surface area (Å²) in [7, 11) is 0. The van der Waals surface area contributed by atoms with Crippen molar-refractivity contribution in [1.82, 2.24) is 4.57 Å². The Kier molecular flexibility index (Phi) is 4.23. The van der Waals surface area contributed by atoms with Gasteiger partial charge in [-0.15, -0.1) is 0 Å². The highest BCUT2D eigenvalue weighted by molar-refractivity contribution is 6.13. The van der Waals surface area contributed by atoms with Crippen molar-refractivity contribution in [2.75, 3.05) is 5.32 Å². The van der Waals surface area contributed by atoms with Crippen LogP contribution in [-0.2, 0) is 6.54 Å². The average molecular weight is 344 g/mol. The number of para-hydroxylation sites is 2. The van der Waals surface area contributed by atoms with Gasteiger partial charge in [-0.1, -0.05) is 48.5 Å². The van der Waals surface area contributed by atoms with Gasteiger partial charge in [0.15, 0.2) is 0 Å². The van der Waals surface area contributed by atoms with Gasteiger partial charge in [-0.2, -0.15) is 0 Å². The van der Waals surface area contributed by atoms with Crippen molar-refractivity contribution < 1.29 is 9.18 Å². The summed E-state index contributed by atoms with van der Waals surface area (Å²) in [6.07, 6.45) is 1.83. The molecule has 0 radical (unpaired) electrons. The lowest BCUT2D eigenvalue weighted by Crippen LogP contribution is -2.11. The van der Waals surface area contributed by atoms with Gasteiger partial charge < -0.3 is 9.88 Å². The molecule has 3 aromatic carbocycles. The quantitative estimate of drug-likeness (QED) is 0.550. The van der Waals surface area contributed by atoms with E-state index in [0.29, 0.717) is 12.1 Å². The molecule has 0 aliphatic heterocycles. The molecule has 0 aliphatic carbocycles. The van der Waals surface area contributed by atoms with E-state index in [1.165, 1.54) is 12.1 Å². The maximum absolute atomic E-state index is 13.5. The maximum Gasteiger partial charge on any atom is 0.257 e. The van der Waals surface area contributed by atoms with Crippen LogP contribution in [0.15, 0.2) is 85.1 Å². The minimum absolute atomic E-state index is 0.162. The summed E-state index contributed by atoms with van der Waals surface area (Å²) in [6, 6.07) is 23.6. The van der Waals surface area contributed by atoms with Crippen LogP contribution >= 0.6 is 0 Å². The third kappa shape index (κ3) is 3.22. The lowest BCUT2D eigenvalue weighted by atomic mass is 10.1. The maximum atomic E-state index is 13.5. The number of nitrogens with one attached hydrogen (secondary N) is 1. The van der Waals surface area contributed by atoms with E-state index in [1.54, 1.807) is 6.07 Å². The van der Waals surface area contributed by atoms with Crippen LogP contribution in [0.5, 0.6) is 0 Å². The van der Waals surface area contributed by atoms with E-state index < -0.39 is 0 Å². The molecule has 0 saturated carbocycles. The molecular weight excluding hydrogens is 327 g/mol. The summed E-state index contributed by atoms with van der Waals surface area (Å²) < 4.78 is 15.5. The van der Waals surface area contributed by atoms with E-state index in [4.69, 9.17) is 0 Å². The SMILES string of the molecule is O=C(Nc1ccccc1)c1cn(Cc2cccc(F)c2)c2ccccc12. The predicted octanol–water partition coefficient (Wildman–Crippen LogP) is 5.08. The molecule has 1 heterocycles. The lowest BCUT2D eigenvalue weighted by molar-refractivity contribution is 0.102. The Labute approximate surface area is 150 Å². The number of halogens is 1. The number of fused-ring (bicyclic) bond motifs is 1. The number of carbonyl (C=O) groups excluding carboxylic acids is 1. The van der Waals surface area contributed by atoms with E-state index in [1.807, 2.05) is 71.4 Å². The van der Waals surface area contributed by atoms with Crippen molar-refractivity contribution >= 4 is 22.5 Å². The summed E-state index contributed by atoms with van der Waals surface area (Å²) in [4.78, 5) is 12.8. The van der Waals surface area contributed by atoms with Crippen LogP contribution in [0, 0.1) is 5.82 Å². The highest BCUT2D eigenvalue weighted by Crippen LogP contribution is 2.23. The standard InChI is InChI=1S/C22H17FN2O/c23-17-8-6-7-16(13-17)14-25-15-20(19-11-4-5-12-21(19)25)22(26)24-18-9-2-1-3-10-18/h1-13,15H,14H2,(H,24,26). The molecule has 0 spiro atoms. The van der Waals surface area contributed by atoms with Gasteiger partial charge in [-0.05, 0) is 35.9 Å². The first-order valence-corrected chi connectivity index (χ1v) is 8.39. The molecule has 4 aromatic rings. The topological polar surface area (TPSA) is 34.0 Å². The average Bonchev–Trinajstić information content (AvgIpc) is 3.01. The Balaban J connectivity index is 1.71. The molecule has 26 heavy (non-hydrogen) atoms. The number of aromatic nitrogens is 1. The minimum Gasteiger partial charge on any atom is -0.342 e. The van der Waals surface area contributed by atoms with Gasteiger partial charge >= 0.3 is 0 Å². The van der Waals surface area contributed by atoms with Gasteiger partial charge in [-0.25, -0.2) is 4.39 Å². The Bertz CT molecular complexity index is 1070. The van der Waals surface area contributed by atoms with Crippen molar-refractivity contribution in [2.45, 2.75) is 6.54 Å². The zero-order valence-corrected chi connectivity index (χ0v) is 14.0. The summed E-state index contributed by atoms with van der Waals surface area (Å²) in [5.41, 5.74) is 3.14. The molecule has 1 N–H and O–H groups in total. The second-order valence-electron chi connectivity index (χ2n) is 6.14. The van der Waals surface area contributed by atoms with Gasteiger partial charge in [0.25, 0.3) is 5.91 Å². The van der Waals surface area contributed by atoms with Crippen molar-refractivity contribution in [3.8, 4) is 0 Å². The summed E-state index contributed by atoms with van der Waals surface area (Å²) in [6.45, 7) is 0.497. The van der Waals surface area contributed by atoms with E-state index in [0.717, 1.165) is 22.2 Å². The van der Waals surface area contributed by atoms with Crippen molar-refractivity contribution in [3.63, 3.8) is 0 Å². The number of nitrogens with zero attached hydrogens (tertiary/aromatic N) is 1. The fourth-order valence-electron chi connectivity index (χ4n) is 3.11. The predicted molar refractivity (Wildman–Crippen MR) is 102 cm³/mol. The first-order valence-electron chi connectivity index (χ1n) is 8.39. The van der Waals surface area contributed by atoms with Gasteiger partial charge in [0.05, 0.1) is 5.56 Å². The number of hydrogen-bond donors (Lipinski definition) is 1. The number of amides is 1. The lowest BCUT2D eigenvalue weighted by Gasteiger charge is -2.05. The zero-order valence-electron chi connectivity index (χ0n) is 14.0. The second kappa shape index (κ2) is 6.84. The molecule has 1 aromatic heterocycles. The fourth-order valence-corrected chi connectivity index (χ4v) is 3.11. The van der Waals surface area contributed by atoms with Crippen LogP contribution in [0.25, 0.3) is 10.9 Å². The normalized spacial score (nSPS) is 10.8. The van der Waals surface area contributed by atoms with Crippen molar-refractivity contribution in [1.29, 1.82) is 0 Å². The molecule has 4 heteroatoms. The fraction of sp³-hybridized carbons (Fsp3) is 0.0455. The Hall–Kier alpha value is -3.40. The number of benzene rings is 3. The van der Waals surface area contributed by atoms with Crippen LogP contribution in [0.4, 0.5) is 10.1 Å². The number of carbonyl (C=O) groups is 1. The van der Waals surface area contributed by atoms with Gasteiger partial charge in [0.1, 0.15) is 5.82 Å². The van der Waals surface area contributed by atoms with Gasteiger partial charge in [0, 0.05) is 29.3 Å². The van der Waals surface area contributed by atoms with Crippen LogP contribution in [0.2, 0.25) is 0 Å². The Morgan fingerprint density at radius 1 is 0.923 bits per heavy atom. The molecule has 3 nitrogen and oxygen atoms in total. The molecule has 128 valence electrons. The third-order valence-electron chi connectivity index (χ3n) is 4.31. The molecular formula is C22H17FN2O. The molecule has 0 bridgehead atoms. The summed E-state index contributed by atoms with van der Waals surface area (Å²) >= 11 is 0. The van der Waals surface area contributed by atoms with Gasteiger partial charge in [0.2, 0.25) is 0 Å². The van der Waals surface area contributed by atoms with E-state index in [-0.39, 0.29) is 11.7 Å². The summed E-state index contributed by atoms with van der Waals surface area (Å²) in [5.74, 6) is -0.425. The molecule has 0 aliphatic rings. The molecule has 4 rings (SSSR count).